The second-order valence-corrected chi connectivity index (χ2v) is 3.38. The molecule has 15 heavy (non-hydrogen) atoms. The van der Waals surface area contributed by atoms with Crippen LogP contribution in [0.4, 0.5) is 0 Å². The summed E-state index contributed by atoms with van der Waals surface area (Å²) in [5, 5.41) is 4.88. The lowest BCUT2D eigenvalue weighted by atomic mass is 10.2. The summed E-state index contributed by atoms with van der Waals surface area (Å²) in [6.45, 7) is 0. The Labute approximate surface area is 90.6 Å². The molecule has 0 amide bonds. The standard InChI is InChI=1S/C9H8ClN3O2/c1-13-8-6(4-11-13)5(9(14)15-2)3-7(10)12-8/h3-4H,1-2H3. The van der Waals surface area contributed by atoms with E-state index in [-0.39, 0.29) is 5.15 Å². The van der Waals surface area contributed by atoms with Gasteiger partial charge in [-0.3, -0.25) is 4.68 Å². The normalized spacial score (nSPS) is 10.6. The Morgan fingerprint density at radius 3 is 3.00 bits per heavy atom. The van der Waals surface area contributed by atoms with Crippen LogP contribution >= 0.6 is 11.6 Å². The van der Waals surface area contributed by atoms with E-state index in [0.29, 0.717) is 16.6 Å². The maximum atomic E-state index is 11.4. The van der Waals surface area contributed by atoms with Crippen molar-refractivity contribution in [2.75, 3.05) is 7.11 Å². The second-order valence-electron chi connectivity index (χ2n) is 2.99. The van der Waals surface area contributed by atoms with Gasteiger partial charge in [0.25, 0.3) is 0 Å². The summed E-state index contributed by atoms with van der Waals surface area (Å²) in [7, 11) is 3.05. The quantitative estimate of drug-likeness (QED) is 0.544. The van der Waals surface area contributed by atoms with Gasteiger partial charge in [-0.25, -0.2) is 9.78 Å². The minimum atomic E-state index is -0.447. The average Bonchev–Trinajstić information content (AvgIpc) is 2.58. The summed E-state index contributed by atoms with van der Waals surface area (Å²) < 4.78 is 6.20. The fourth-order valence-corrected chi connectivity index (χ4v) is 1.55. The van der Waals surface area contributed by atoms with Crippen molar-refractivity contribution in [3.05, 3.63) is 23.0 Å². The molecule has 2 aromatic rings. The highest BCUT2D eigenvalue weighted by molar-refractivity contribution is 6.30. The predicted molar refractivity (Wildman–Crippen MR) is 54.9 cm³/mol. The molecule has 78 valence electrons. The summed E-state index contributed by atoms with van der Waals surface area (Å²) in [5.74, 6) is -0.447. The minimum absolute atomic E-state index is 0.242. The van der Waals surface area contributed by atoms with E-state index in [9.17, 15) is 4.79 Å². The summed E-state index contributed by atoms with van der Waals surface area (Å²) in [4.78, 5) is 15.5. The molecule has 0 spiro atoms. The number of esters is 1. The highest BCUT2D eigenvalue weighted by atomic mass is 35.5. The maximum Gasteiger partial charge on any atom is 0.338 e. The van der Waals surface area contributed by atoms with E-state index in [1.54, 1.807) is 17.9 Å². The molecule has 0 aromatic carbocycles. The van der Waals surface area contributed by atoms with Crippen molar-refractivity contribution in [1.82, 2.24) is 14.8 Å². The summed E-state index contributed by atoms with van der Waals surface area (Å²) >= 11 is 5.79. The van der Waals surface area contributed by atoms with Crippen molar-refractivity contribution in [3.63, 3.8) is 0 Å². The SMILES string of the molecule is COC(=O)c1cc(Cl)nc2c1cnn2C. The molecule has 0 aliphatic rings. The topological polar surface area (TPSA) is 57.0 Å². The predicted octanol–water partition coefficient (Wildman–Crippen LogP) is 1.41. The molecular formula is C9H8ClN3O2. The van der Waals surface area contributed by atoms with E-state index in [2.05, 4.69) is 14.8 Å². The number of hydrogen-bond donors (Lipinski definition) is 0. The monoisotopic (exact) mass is 225 g/mol. The van der Waals surface area contributed by atoms with Gasteiger partial charge in [-0.05, 0) is 6.07 Å². The van der Waals surface area contributed by atoms with Crippen LogP contribution in [-0.4, -0.2) is 27.8 Å². The Kier molecular flexibility index (Phi) is 2.32. The lowest BCUT2D eigenvalue weighted by Gasteiger charge is -2.01. The smallest absolute Gasteiger partial charge is 0.338 e. The molecule has 0 saturated carbocycles. The van der Waals surface area contributed by atoms with Crippen LogP contribution in [0, 0.1) is 0 Å². The molecule has 6 heteroatoms. The Balaban J connectivity index is 2.78. The number of carbonyl (C=O) groups is 1. The van der Waals surface area contributed by atoms with Crippen molar-refractivity contribution in [1.29, 1.82) is 0 Å². The van der Waals surface area contributed by atoms with E-state index in [4.69, 9.17) is 11.6 Å². The largest absolute Gasteiger partial charge is 0.465 e. The molecule has 5 nitrogen and oxygen atoms in total. The number of pyridine rings is 1. The highest BCUT2D eigenvalue weighted by Gasteiger charge is 2.15. The summed E-state index contributed by atoms with van der Waals surface area (Å²) in [5.41, 5.74) is 0.934. The Morgan fingerprint density at radius 1 is 1.60 bits per heavy atom. The maximum absolute atomic E-state index is 11.4. The lowest BCUT2D eigenvalue weighted by molar-refractivity contribution is 0.0603. The zero-order valence-corrected chi connectivity index (χ0v) is 8.95. The number of nitrogens with zero attached hydrogens (tertiary/aromatic N) is 3. The van der Waals surface area contributed by atoms with Crippen LogP contribution in [0.5, 0.6) is 0 Å². The van der Waals surface area contributed by atoms with Crippen LogP contribution in [-0.2, 0) is 11.8 Å². The zero-order chi connectivity index (χ0) is 11.0. The molecule has 2 rings (SSSR count). The number of aryl methyl sites for hydroxylation is 1. The molecule has 0 saturated heterocycles. The molecule has 2 heterocycles. The number of halogens is 1. The average molecular weight is 226 g/mol. The summed E-state index contributed by atoms with van der Waals surface area (Å²) in [6.07, 6.45) is 1.56. The number of aromatic nitrogens is 3. The Morgan fingerprint density at radius 2 is 2.33 bits per heavy atom. The zero-order valence-electron chi connectivity index (χ0n) is 8.19. The van der Waals surface area contributed by atoms with Gasteiger partial charge in [-0.2, -0.15) is 5.10 Å². The Hall–Kier alpha value is -1.62. The van der Waals surface area contributed by atoms with Gasteiger partial charge in [0.1, 0.15) is 5.15 Å². The number of ether oxygens (including phenoxy) is 1. The van der Waals surface area contributed by atoms with Crippen molar-refractivity contribution < 1.29 is 9.53 Å². The third-order valence-electron chi connectivity index (χ3n) is 2.08. The van der Waals surface area contributed by atoms with E-state index in [1.807, 2.05) is 0 Å². The first-order valence-corrected chi connectivity index (χ1v) is 4.58. The van der Waals surface area contributed by atoms with Crippen LogP contribution in [0.3, 0.4) is 0 Å². The van der Waals surface area contributed by atoms with Gasteiger partial charge in [0.15, 0.2) is 5.65 Å². The molecule has 0 aliphatic carbocycles. The molecule has 2 aromatic heterocycles. The lowest BCUT2D eigenvalue weighted by Crippen LogP contribution is -2.03. The number of fused-ring (bicyclic) bond motifs is 1. The first-order chi connectivity index (χ1) is 7.13. The first kappa shape index (κ1) is 9.92. The fraction of sp³-hybridized carbons (Fsp3) is 0.222. The van der Waals surface area contributed by atoms with E-state index in [1.165, 1.54) is 13.2 Å². The molecule has 0 atom stereocenters. The second kappa shape index (κ2) is 3.51. The van der Waals surface area contributed by atoms with Gasteiger partial charge in [0.2, 0.25) is 0 Å². The van der Waals surface area contributed by atoms with Crippen LogP contribution in [0.1, 0.15) is 10.4 Å². The van der Waals surface area contributed by atoms with Crippen LogP contribution < -0.4 is 0 Å². The number of carbonyl (C=O) groups excluding carboxylic acids is 1. The van der Waals surface area contributed by atoms with Crippen molar-refractivity contribution >= 4 is 28.6 Å². The molecule has 0 radical (unpaired) electrons. The molecule has 0 bridgehead atoms. The fourth-order valence-electron chi connectivity index (χ4n) is 1.36. The van der Waals surface area contributed by atoms with Gasteiger partial charge in [-0.1, -0.05) is 11.6 Å². The first-order valence-electron chi connectivity index (χ1n) is 4.20. The third-order valence-corrected chi connectivity index (χ3v) is 2.27. The van der Waals surface area contributed by atoms with Gasteiger partial charge in [-0.15, -0.1) is 0 Å². The Bertz CT molecular complexity index is 535. The molecule has 0 fully saturated rings. The van der Waals surface area contributed by atoms with E-state index in [0.717, 1.165) is 0 Å². The molecule has 0 N–H and O–H groups in total. The summed E-state index contributed by atoms with van der Waals surface area (Å²) in [6, 6.07) is 1.47. The highest BCUT2D eigenvalue weighted by Crippen LogP contribution is 2.20. The van der Waals surface area contributed by atoms with Gasteiger partial charge in [0.05, 0.1) is 24.3 Å². The van der Waals surface area contributed by atoms with Crippen LogP contribution in [0.2, 0.25) is 5.15 Å². The number of methoxy groups -OCH3 is 1. The number of hydrogen-bond acceptors (Lipinski definition) is 4. The molecule has 0 aliphatic heterocycles. The van der Waals surface area contributed by atoms with E-state index >= 15 is 0 Å². The van der Waals surface area contributed by atoms with Gasteiger partial charge in [0, 0.05) is 7.05 Å². The number of rotatable bonds is 1. The molecule has 0 unspecified atom stereocenters. The third kappa shape index (κ3) is 1.55. The van der Waals surface area contributed by atoms with E-state index < -0.39 is 5.97 Å². The van der Waals surface area contributed by atoms with Crippen molar-refractivity contribution in [3.8, 4) is 0 Å². The van der Waals surface area contributed by atoms with Crippen LogP contribution in [0.15, 0.2) is 12.3 Å². The van der Waals surface area contributed by atoms with Gasteiger partial charge >= 0.3 is 5.97 Å². The van der Waals surface area contributed by atoms with Crippen molar-refractivity contribution in [2.24, 2.45) is 7.05 Å². The molecular weight excluding hydrogens is 218 g/mol. The van der Waals surface area contributed by atoms with Gasteiger partial charge < -0.3 is 4.74 Å². The van der Waals surface area contributed by atoms with Crippen molar-refractivity contribution in [2.45, 2.75) is 0 Å². The minimum Gasteiger partial charge on any atom is -0.465 e. The van der Waals surface area contributed by atoms with Crippen LogP contribution in [0.25, 0.3) is 11.0 Å².